The lowest BCUT2D eigenvalue weighted by Crippen LogP contribution is -2.67. The van der Waals surface area contributed by atoms with Crippen LogP contribution in [0.15, 0.2) is 67.4 Å². The second kappa shape index (κ2) is 9.13. The third-order valence-electron chi connectivity index (χ3n) is 8.19. The highest BCUT2D eigenvalue weighted by Crippen LogP contribution is 2.48. The molecule has 2 aromatic carbocycles. The van der Waals surface area contributed by atoms with E-state index in [0.717, 1.165) is 23.9 Å². The topological polar surface area (TPSA) is 33.1 Å². The van der Waals surface area contributed by atoms with Gasteiger partial charge in [-0.3, -0.25) is 4.98 Å². The number of hydrogen-bond acceptors (Lipinski definition) is 2. The standard InChI is InChI=1S/C28H27F6N2O/c1-2-18-16-36(15-17-11-20(27(29,30)31)14-21(12-17)28(32,33)34)10-8-19(18)13-25(36)26(37)23-7-9-35-24-6-4-3-5-22(23)24/h2-7,9,11-12,14,18-19,25-26,37H,1,8,10,13,15-16H2/q+1/t18-,19-,25-,26?,36+/m0/s1. The number of halogens is 6. The average Bonchev–Trinajstić information content (AvgIpc) is 2.86. The highest BCUT2D eigenvalue weighted by molar-refractivity contribution is 5.82. The van der Waals surface area contributed by atoms with Gasteiger partial charge in [0.05, 0.1) is 29.7 Å². The highest BCUT2D eigenvalue weighted by atomic mass is 19.4. The Hall–Kier alpha value is -2.91. The van der Waals surface area contributed by atoms with E-state index in [-0.39, 0.29) is 34.5 Å². The van der Waals surface area contributed by atoms with Gasteiger partial charge in [0.15, 0.2) is 0 Å². The lowest BCUT2D eigenvalue weighted by atomic mass is 9.71. The molecule has 9 heteroatoms. The van der Waals surface area contributed by atoms with Crippen molar-refractivity contribution in [1.82, 2.24) is 4.98 Å². The number of benzene rings is 2. The Labute approximate surface area is 210 Å². The summed E-state index contributed by atoms with van der Waals surface area (Å²) in [7, 11) is 0. The molecule has 1 aromatic heterocycles. The molecular formula is C28H27F6N2O+. The van der Waals surface area contributed by atoms with Crippen LogP contribution in [0.5, 0.6) is 0 Å². The molecule has 3 aliphatic rings. The molecule has 0 amide bonds. The zero-order valence-electron chi connectivity index (χ0n) is 19.9. The smallest absolute Gasteiger partial charge is 0.382 e. The van der Waals surface area contributed by atoms with Crippen molar-refractivity contribution in [3.63, 3.8) is 0 Å². The number of piperidine rings is 3. The largest absolute Gasteiger partial charge is 0.416 e. The van der Waals surface area contributed by atoms with Crippen LogP contribution >= 0.6 is 0 Å². The Morgan fingerprint density at radius 2 is 1.70 bits per heavy atom. The Balaban J connectivity index is 1.59. The molecule has 3 saturated heterocycles. The summed E-state index contributed by atoms with van der Waals surface area (Å²) in [6.07, 6.45) is -5.99. The maximum Gasteiger partial charge on any atom is 0.416 e. The van der Waals surface area contributed by atoms with Crippen molar-refractivity contribution in [1.29, 1.82) is 0 Å². The normalized spacial score (nSPS) is 26.8. The lowest BCUT2D eigenvalue weighted by Gasteiger charge is -2.58. The van der Waals surface area contributed by atoms with E-state index in [4.69, 9.17) is 0 Å². The van der Waals surface area contributed by atoms with Crippen molar-refractivity contribution in [3.05, 3.63) is 89.6 Å². The Morgan fingerprint density at radius 3 is 2.35 bits per heavy atom. The third kappa shape index (κ3) is 4.75. The summed E-state index contributed by atoms with van der Waals surface area (Å²) in [6, 6.07) is 10.5. The Bertz CT molecular complexity index is 1280. The number of nitrogens with zero attached hydrogens (tertiary/aromatic N) is 2. The first kappa shape index (κ1) is 25.7. The lowest BCUT2D eigenvalue weighted by molar-refractivity contribution is -0.984. The van der Waals surface area contributed by atoms with Crippen molar-refractivity contribution in [2.75, 3.05) is 13.1 Å². The number of fused-ring (bicyclic) bond motifs is 4. The number of aliphatic hydroxyl groups is 1. The predicted molar refractivity (Wildman–Crippen MR) is 127 cm³/mol. The van der Waals surface area contributed by atoms with Gasteiger partial charge in [-0.2, -0.15) is 26.3 Å². The van der Waals surface area contributed by atoms with Crippen LogP contribution in [0.2, 0.25) is 0 Å². The molecule has 2 bridgehead atoms. The van der Waals surface area contributed by atoms with E-state index < -0.39 is 35.6 Å². The van der Waals surface area contributed by atoms with Crippen LogP contribution in [0, 0.1) is 11.8 Å². The first-order chi connectivity index (χ1) is 17.4. The van der Waals surface area contributed by atoms with E-state index >= 15 is 0 Å². The fraction of sp³-hybridized carbons (Fsp3) is 0.393. The SMILES string of the molecule is C=C[C@H]1C[N@+]2(Cc3cc(C(F)(F)F)cc(C(F)(F)F)c3)CC[C@H]1C[C@H]2C(O)c1ccnc2ccccc12. The number of rotatable bonds is 5. The van der Waals surface area contributed by atoms with Crippen LogP contribution < -0.4 is 0 Å². The zero-order valence-corrected chi connectivity index (χ0v) is 19.9. The van der Waals surface area contributed by atoms with Gasteiger partial charge in [0.25, 0.3) is 0 Å². The molecule has 0 radical (unpaired) electrons. The molecule has 5 atom stereocenters. The molecular weight excluding hydrogens is 494 g/mol. The van der Waals surface area contributed by atoms with Gasteiger partial charge in [-0.25, -0.2) is 0 Å². The fourth-order valence-corrected chi connectivity index (χ4v) is 6.44. The van der Waals surface area contributed by atoms with Gasteiger partial charge >= 0.3 is 12.4 Å². The van der Waals surface area contributed by atoms with Crippen molar-refractivity contribution < 1.29 is 35.9 Å². The third-order valence-corrected chi connectivity index (χ3v) is 8.19. The van der Waals surface area contributed by atoms with Gasteiger partial charge in [-0.15, -0.1) is 6.58 Å². The molecule has 3 aliphatic heterocycles. The molecule has 0 aliphatic carbocycles. The quantitative estimate of drug-likeness (QED) is 0.225. The minimum atomic E-state index is -4.91. The maximum absolute atomic E-state index is 13.6. The minimum absolute atomic E-state index is 0.0397. The number of pyridine rings is 1. The molecule has 1 N–H and O–H groups in total. The van der Waals surface area contributed by atoms with Crippen molar-refractivity contribution in [2.24, 2.45) is 11.8 Å². The number of aromatic nitrogens is 1. The first-order valence-corrected chi connectivity index (χ1v) is 12.2. The number of alkyl halides is 6. The Kier molecular flexibility index (Phi) is 6.35. The van der Waals surface area contributed by atoms with Crippen molar-refractivity contribution >= 4 is 10.9 Å². The van der Waals surface area contributed by atoms with E-state index in [9.17, 15) is 31.4 Å². The molecule has 3 fully saturated rings. The summed E-state index contributed by atoms with van der Waals surface area (Å²) in [6.45, 7) is 4.93. The van der Waals surface area contributed by atoms with Crippen LogP contribution in [0.25, 0.3) is 10.9 Å². The molecule has 4 heterocycles. The Morgan fingerprint density at radius 1 is 1.03 bits per heavy atom. The summed E-state index contributed by atoms with van der Waals surface area (Å²) < 4.78 is 81.6. The van der Waals surface area contributed by atoms with Gasteiger partial charge in [-0.1, -0.05) is 24.3 Å². The molecule has 37 heavy (non-hydrogen) atoms. The summed E-state index contributed by atoms with van der Waals surface area (Å²) in [5, 5.41) is 12.5. The fourth-order valence-electron chi connectivity index (χ4n) is 6.44. The zero-order chi connectivity index (χ0) is 26.6. The van der Waals surface area contributed by atoms with Crippen LogP contribution in [0.4, 0.5) is 26.3 Å². The van der Waals surface area contributed by atoms with Crippen molar-refractivity contribution in [2.45, 2.75) is 43.9 Å². The highest BCUT2D eigenvalue weighted by Gasteiger charge is 2.54. The van der Waals surface area contributed by atoms with Gasteiger partial charge in [0.2, 0.25) is 0 Å². The molecule has 3 nitrogen and oxygen atoms in total. The molecule has 1 unspecified atom stereocenters. The molecule has 0 saturated carbocycles. The van der Waals surface area contributed by atoms with Crippen LogP contribution in [0.3, 0.4) is 0 Å². The van der Waals surface area contributed by atoms with E-state index in [0.29, 0.717) is 30.6 Å². The summed E-state index contributed by atoms with van der Waals surface area (Å²) in [5.74, 6) is 0.316. The maximum atomic E-state index is 13.6. The van der Waals surface area contributed by atoms with Gasteiger partial charge in [0, 0.05) is 35.9 Å². The number of hydrogen-bond donors (Lipinski definition) is 1. The summed E-state index contributed by atoms with van der Waals surface area (Å²) in [5.41, 5.74) is -1.31. The minimum Gasteiger partial charge on any atom is -0.382 e. The van der Waals surface area contributed by atoms with Crippen LogP contribution in [-0.4, -0.2) is 33.7 Å². The number of para-hydroxylation sites is 1. The molecule has 3 aromatic rings. The monoisotopic (exact) mass is 521 g/mol. The second-order valence-corrected chi connectivity index (χ2v) is 10.3. The summed E-state index contributed by atoms with van der Waals surface area (Å²) in [4.78, 5) is 4.35. The van der Waals surface area contributed by atoms with Crippen molar-refractivity contribution in [3.8, 4) is 0 Å². The number of quaternary nitrogens is 1. The second-order valence-electron chi connectivity index (χ2n) is 10.3. The van der Waals surface area contributed by atoms with E-state index in [1.54, 1.807) is 12.3 Å². The van der Waals surface area contributed by atoms with Gasteiger partial charge in [-0.05, 0) is 41.8 Å². The predicted octanol–water partition coefficient (Wildman–Crippen LogP) is 6.92. The summed E-state index contributed by atoms with van der Waals surface area (Å²) >= 11 is 0. The molecule has 196 valence electrons. The van der Waals surface area contributed by atoms with Gasteiger partial charge in [0.1, 0.15) is 18.7 Å². The first-order valence-electron chi connectivity index (χ1n) is 12.2. The molecule has 6 rings (SSSR count). The van der Waals surface area contributed by atoms with Crippen LogP contribution in [0.1, 0.15) is 41.2 Å². The van der Waals surface area contributed by atoms with E-state index in [1.807, 2.05) is 30.3 Å². The molecule has 0 spiro atoms. The van der Waals surface area contributed by atoms with E-state index in [1.165, 1.54) is 0 Å². The number of aliphatic hydroxyl groups excluding tert-OH is 1. The van der Waals surface area contributed by atoms with Crippen LogP contribution in [-0.2, 0) is 18.9 Å². The average molecular weight is 522 g/mol. The van der Waals surface area contributed by atoms with Gasteiger partial charge < -0.3 is 9.59 Å². The van der Waals surface area contributed by atoms with E-state index in [2.05, 4.69) is 11.6 Å².